The highest BCUT2D eigenvalue weighted by molar-refractivity contribution is 5.28. The van der Waals surface area contributed by atoms with Gasteiger partial charge in [-0.3, -0.25) is 4.90 Å². The molecule has 0 unspecified atom stereocenters. The Hall–Kier alpha value is -1.06. The van der Waals surface area contributed by atoms with E-state index < -0.39 is 0 Å². The Labute approximate surface area is 123 Å². The van der Waals surface area contributed by atoms with Gasteiger partial charge in [0.2, 0.25) is 0 Å². The van der Waals surface area contributed by atoms with E-state index in [1.54, 1.807) is 7.11 Å². The van der Waals surface area contributed by atoms with Gasteiger partial charge in [-0.05, 0) is 50.0 Å². The van der Waals surface area contributed by atoms with Gasteiger partial charge in [0.05, 0.1) is 7.11 Å². The van der Waals surface area contributed by atoms with Crippen LogP contribution in [0, 0.1) is 0 Å². The summed E-state index contributed by atoms with van der Waals surface area (Å²) in [6, 6.07) is 8.44. The van der Waals surface area contributed by atoms with Crippen LogP contribution in [0.15, 0.2) is 24.3 Å². The van der Waals surface area contributed by atoms with Crippen LogP contribution in [0.4, 0.5) is 0 Å². The van der Waals surface area contributed by atoms with Crippen LogP contribution in [-0.4, -0.2) is 37.2 Å². The van der Waals surface area contributed by atoms with E-state index in [1.165, 1.54) is 31.4 Å². The Bertz CT molecular complexity index is 415. The predicted octanol–water partition coefficient (Wildman–Crippen LogP) is 3.05. The van der Waals surface area contributed by atoms with E-state index in [2.05, 4.69) is 42.3 Å². The molecule has 1 fully saturated rings. The van der Waals surface area contributed by atoms with Gasteiger partial charge in [0.25, 0.3) is 0 Å². The molecule has 1 saturated heterocycles. The minimum absolute atomic E-state index is 0.287. The van der Waals surface area contributed by atoms with E-state index >= 15 is 0 Å². The monoisotopic (exact) mass is 276 g/mol. The predicted molar refractivity (Wildman–Crippen MR) is 84.2 cm³/mol. The first-order chi connectivity index (χ1) is 9.71. The van der Waals surface area contributed by atoms with Crippen LogP contribution in [0.5, 0.6) is 5.75 Å². The number of methoxy groups -OCH3 is 1. The van der Waals surface area contributed by atoms with Crippen molar-refractivity contribution in [1.29, 1.82) is 0 Å². The number of hydrogen-bond donors (Lipinski definition) is 1. The average Bonchev–Trinajstić information content (AvgIpc) is 2.70. The molecule has 20 heavy (non-hydrogen) atoms. The Morgan fingerprint density at radius 3 is 2.80 bits per heavy atom. The molecule has 2 rings (SSSR count). The van der Waals surface area contributed by atoms with Gasteiger partial charge in [-0.1, -0.05) is 26.0 Å². The molecular weight excluding hydrogens is 248 g/mol. The van der Waals surface area contributed by atoms with Crippen LogP contribution in [0.1, 0.15) is 38.7 Å². The number of ether oxygens (including phenoxy) is 1. The molecule has 0 atom stereocenters. The van der Waals surface area contributed by atoms with E-state index in [-0.39, 0.29) is 5.54 Å². The van der Waals surface area contributed by atoms with E-state index in [9.17, 15) is 0 Å². The fourth-order valence-electron chi connectivity index (χ4n) is 3.11. The summed E-state index contributed by atoms with van der Waals surface area (Å²) in [6.07, 6.45) is 3.61. The molecule has 112 valence electrons. The van der Waals surface area contributed by atoms with Gasteiger partial charge in [-0.2, -0.15) is 0 Å². The van der Waals surface area contributed by atoms with Crippen molar-refractivity contribution in [2.75, 3.05) is 26.7 Å². The van der Waals surface area contributed by atoms with Gasteiger partial charge in [0, 0.05) is 18.6 Å². The zero-order valence-electron chi connectivity index (χ0n) is 13.1. The molecule has 0 amide bonds. The van der Waals surface area contributed by atoms with Crippen LogP contribution in [0.3, 0.4) is 0 Å². The van der Waals surface area contributed by atoms with E-state index in [4.69, 9.17) is 4.74 Å². The second-order valence-corrected chi connectivity index (χ2v) is 5.83. The summed E-state index contributed by atoms with van der Waals surface area (Å²) in [5, 5.41) is 3.77. The van der Waals surface area contributed by atoms with Crippen molar-refractivity contribution in [3.63, 3.8) is 0 Å². The third-order valence-electron chi connectivity index (χ3n) is 4.57. The van der Waals surface area contributed by atoms with Crippen molar-refractivity contribution in [2.45, 2.75) is 45.2 Å². The zero-order valence-corrected chi connectivity index (χ0v) is 13.1. The molecule has 0 aliphatic carbocycles. The van der Waals surface area contributed by atoms with Crippen molar-refractivity contribution in [1.82, 2.24) is 10.2 Å². The maximum atomic E-state index is 5.32. The highest BCUT2D eigenvalue weighted by Crippen LogP contribution is 2.22. The Morgan fingerprint density at radius 1 is 1.30 bits per heavy atom. The van der Waals surface area contributed by atoms with Crippen LogP contribution < -0.4 is 10.1 Å². The van der Waals surface area contributed by atoms with Gasteiger partial charge in [-0.25, -0.2) is 0 Å². The third kappa shape index (κ3) is 3.74. The second-order valence-electron chi connectivity index (χ2n) is 5.83. The lowest BCUT2D eigenvalue weighted by molar-refractivity contribution is 0.191. The van der Waals surface area contributed by atoms with Crippen molar-refractivity contribution >= 4 is 0 Å². The molecule has 0 aromatic heterocycles. The first-order valence-electron chi connectivity index (χ1n) is 7.81. The lowest BCUT2D eigenvalue weighted by atomic mass is 9.92. The lowest BCUT2D eigenvalue weighted by Crippen LogP contribution is -2.50. The van der Waals surface area contributed by atoms with Gasteiger partial charge in [0.15, 0.2) is 0 Å². The molecule has 1 aromatic carbocycles. The van der Waals surface area contributed by atoms with Crippen molar-refractivity contribution in [2.24, 2.45) is 0 Å². The summed E-state index contributed by atoms with van der Waals surface area (Å²) in [7, 11) is 1.73. The summed E-state index contributed by atoms with van der Waals surface area (Å²) >= 11 is 0. The first-order valence-corrected chi connectivity index (χ1v) is 7.81. The summed E-state index contributed by atoms with van der Waals surface area (Å²) in [4.78, 5) is 2.59. The van der Waals surface area contributed by atoms with Crippen molar-refractivity contribution < 1.29 is 4.74 Å². The Kier molecular flexibility index (Phi) is 5.44. The fraction of sp³-hybridized carbons (Fsp3) is 0.647. The molecule has 3 nitrogen and oxygen atoms in total. The standard InChI is InChI=1S/C17H28N2O/c1-4-17(5-2)14-19(11-7-10-18-17)13-15-8-6-9-16(12-15)20-3/h6,8-9,12,18H,4-5,7,10-11,13-14H2,1-3H3. The van der Waals surface area contributed by atoms with Gasteiger partial charge in [-0.15, -0.1) is 0 Å². The Morgan fingerprint density at radius 2 is 2.10 bits per heavy atom. The number of nitrogens with one attached hydrogen (secondary N) is 1. The van der Waals surface area contributed by atoms with Crippen LogP contribution in [-0.2, 0) is 6.54 Å². The van der Waals surface area contributed by atoms with Crippen molar-refractivity contribution in [3.8, 4) is 5.75 Å². The average molecular weight is 276 g/mol. The van der Waals surface area contributed by atoms with Crippen LogP contribution in [0.2, 0.25) is 0 Å². The van der Waals surface area contributed by atoms with E-state index in [0.29, 0.717) is 0 Å². The highest BCUT2D eigenvalue weighted by atomic mass is 16.5. The zero-order chi connectivity index (χ0) is 14.4. The molecule has 1 aliphatic heterocycles. The number of benzene rings is 1. The first kappa shape index (κ1) is 15.3. The molecular formula is C17H28N2O. The largest absolute Gasteiger partial charge is 0.497 e. The molecule has 1 N–H and O–H groups in total. The molecule has 0 spiro atoms. The van der Waals surface area contributed by atoms with Crippen LogP contribution in [0.25, 0.3) is 0 Å². The van der Waals surface area contributed by atoms with Gasteiger partial charge in [0.1, 0.15) is 5.75 Å². The topological polar surface area (TPSA) is 24.5 Å². The maximum Gasteiger partial charge on any atom is 0.119 e. The Balaban J connectivity index is 2.06. The maximum absolute atomic E-state index is 5.32. The third-order valence-corrected chi connectivity index (χ3v) is 4.57. The van der Waals surface area contributed by atoms with Gasteiger partial charge >= 0.3 is 0 Å². The summed E-state index contributed by atoms with van der Waals surface area (Å²) in [5.74, 6) is 0.952. The second kappa shape index (κ2) is 7.09. The van der Waals surface area contributed by atoms with E-state index in [1.807, 2.05) is 6.07 Å². The molecule has 1 heterocycles. The summed E-state index contributed by atoms with van der Waals surface area (Å²) in [5.41, 5.74) is 1.63. The molecule has 0 radical (unpaired) electrons. The van der Waals surface area contributed by atoms with E-state index in [0.717, 1.165) is 25.4 Å². The van der Waals surface area contributed by atoms with Gasteiger partial charge < -0.3 is 10.1 Å². The molecule has 0 bridgehead atoms. The highest BCUT2D eigenvalue weighted by Gasteiger charge is 2.30. The molecule has 1 aromatic rings. The molecule has 0 saturated carbocycles. The SMILES string of the molecule is CCC1(CC)CN(Cc2cccc(OC)c2)CCCN1. The summed E-state index contributed by atoms with van der Waals surface area (Å²) in [6.45, 7) is 9.05. The minimum Gasteiger partial charge on any atom is -0.497 e. The van der Waals surface area contributed by atoms with Crippen LogP contribution >= 0.6 is 0 Å². The number of hydrogen-bond acceptors (Lipinski definition) is 3. The lowest BCUT2D eigenvalue weighted by Gasteiger charge is -2.35. The minimum atomic E-state index is 0.287. The smallest absolute Gasteiger partial charge is 0.119 e. The number of rotatable bonds is 5. The normalized spacial score (nSPS) is 19.6. The quantitative estimate of drug-likeness (QED) is 0.894. The summed E-state index contributed by atoms with van der Waals surface area (Å²) < 4.78 is 5.32. The fourth-order valence-corrected chi connectivity index (χ4v) is 3.11. The molecule has 3 heteroatoms. The number of nitrogens with zero attached hydrogens (tertiary/aromatic N) is 1. The van der Waals surface area contributed by atoms with Crippen molar-refractivity contribution in [3.05, 3.63) is 29.8 Å². The molecule has 1 aliphatic rings.